The van der Waals surface area contributed by atoms with E-state index in [1.807, 2.05) is 37.4 Å². The highest BCUT2D eigenvalue weighted by molar-refractivity contribution is 7.98. The summed E-state index contributed by atoms with van der Waals surface area (Å²) in [6, 6.07) is 9.38. The van der Waals surface area contributed by atoms with Gasteiger partial charge in [0.15, 0.2) is 0 Å². The quantitative estimate of drug-likeness (QED) is 0.653. The second-order valence-electron chi connectivity index (χ2n) is 4.46. The lowest BCUT2D eigenvalue weighted by atomic mass is 10.1. The van der Waals surface area contributed by atoms with Gasteiger partial charge in [0.1, 0.15) is 5.15 Å². The molecule has 2 aromatic rings. The number of nitrogens with one attached hydrogen (secondary N) is 1. The number of nitrogens with zero attached hydrogens (tertiary/aromatic N) is 1. The Kier molecular flexibility index (Phi) is 5.51. The van der Waals surface area contributed by atoms with E-state index in [0.29, 0.717) is 5.56 Å². The fraction of sp³-hybridized carbons (Fsp3) is 0.200. The van der Waals surface area contributed by atoms with Crippen LogP contribution in [0.3, 0.4) is 0 Å². The molecule has 21 heavy (non-hydrogen) atoms. The summed E-state index contributed by atoms with van der Waals surface area (Å²) in [5, 5.41) is 3.42. The Morgan fingerprint density at radius 1 is 1.29 bits per heavy atom. The van der Waals surface area contributed by atoms with Crippen LogP contribution in [0.15, 0.2) is 41.4 Å². The average molecular weight is 341 g/mol. The topological polar surface area (TPSA) is 42.0 Å². The molecular formula is C15H14Cl2N2OS. The molecular weight excluding hydrogens is 327 g/mol. The summed E-state index contributed by atoms with van der Waals surface area (Å²) in [6.07, 6.45) is 3.39. The first-order valence-electron chi connectivity index (χ1n) is 6.27. The molecule has 0 spiro atoms. The van der Waals surface area contributed by atoms with Crippen LogP contribution in [0.1, 0.15) is 28.9 Å². The van der Waals surface area contributed by atoms with Gasteiger partial charge in [0.2, 0.25) is 0 Å². The van der Waals surface area contributed by atoms with Crippen LogP contribution < -0.4 is 5.32 Å². The Balaban J connectivity index is 2.12. The van der Waals surface area contributed by atoms with Gasteiger partial charge in [-0.15, -0.1) is 11.8 Å². The first-order chi connectivity index (χ1) is 10.0. The van der Waals surface area contributed by atoms with E-state index in [1.54, 1.807) is 11.8 Å². The third-order valence-corrected chi connectivity index (χ3v) is 4.28. The number of hydrogen-bond donors (Lipinski definition) is 1. The SMILES string of the molecule is CSc1ccc(C(C)NC(=O)c2cc(Cl)ncc2Cl)cc1. The minimum atomic E-state index is -0.272. The largest absolute Gasteiger partial charge is 0.345 e. The molecule has 6 heteroatoms. The number of benzene rings is 1. The van der Waals surface area contributed by atoms with Gasteiger partial charge < -0.3 is 5.32 Å². The second kappa shape index (κ2) is 7.16. The van der Waals surface area contributed by atoms with E-state index in [-0.39, 0.29) is 22.1 Å². The number of thioether (sulfide) groups is 1. The highest BCUT2D eigenvalue weighted by Crippen LogP contribution is 2.21. The van der Waals surface area contributed by atoms with Gasteiger partial charge >= 0.3 is 0 Å². The molecule has 0 aliphatic carbocycles. The molecule has 0 radical (unpaired) electrons. The Morgan fingerprint density at radius 3 is 2.57 bits per heavy atom. The van der Waals surface area contributed by atoms with Crippen molar-refractivity contribution in [1.29, 1.82) is 0 Å². The van der Waals surface area contributed by atoms with E-state index < -0.39 is 0 Å². The van der Waals surface area contributed by atoms with Crippen molar-refractivity contribution in [3.05, 3.63) is 57.8 Å². The van der Waals surface area contributed by atoms with Gasteiger partial charge in [0.05, 0.1) is 16.6 Å². The van der Waals surface area contributed by atoms with Crippen molar-refractivity contribution in [2.75, 3.05) is 6.26 Å². The third kappa shape index (κ3) is 4.13. The molecule has 1 unspecified atom stereocenters. The van der Waals surface area contributed by atoms with Crippen LogP contribution in [0.25, 0.3) is 0 Å². The number of pyridine rings is 1. The summed E-state index contributed by atoms with van der Waals surface area (Å²) in [4.78, 5) is 17.2. The summed E-state index contributed by atoms with van der Waals surface area (Å²) >= 11 is 13.4. The molecule has 1 aromatic heterocycles. The van der Waals surface area contributed by atoms with Gasteiger partial charge in [-0.1, -0.05) is 35.3 Å². The van der Waals surface area contributed by atoms with Crippen molar-refractivity contribution < 1.29 is 4.79 Å². The van der Waals surface area contributed by atoms with E-state index in [1.165, 1.54) is 17.2 Å². The van der Waals surface area contributed by atoms with Gasteiger partial charge in [-0.05, 0) is 36.9 Å². The van der Waals surface area contributed by atoms with Crippen LogP contribution in [0, 0.1) is 0 Å². The van der Waals surface area contributed by atoms with Gasteiger partial charge in [-0.2, -0.15) is 0 Å². The van der Waals surface area contributed by atoms with Crippen LogP contribution in [0.4, 0.5) is 0 Å². The van der Waals surface area contributed by atoms with Crippen molar-refractivity contribution in [2.24, 2.45) is 0 Å². The number of rotatable bonds is 4. The summed E-state index contributed by atoms with van der Waals surface area (Å²) in [5.74, 6) is -0.272. The van der Waals surface area contributed by atoms with Crippen molar-refractivity contribution >= 4 is 40.9 Å². The maximum Gasteiger partial charge on any atom is 0.253 e. The molecule has 0 saturated heterocycles. The van der Waals surface area contributed by atoms with Gasteiger partial charge in [0, 0.05) is 11.1 Å². The van der Waals surface area contributed by atoms with Crippen molar-refractivity contribution in [2.45, 2.75) is 17.9 Å². The smallest absolute Gasteiger partial charge is 0.253 e. The molecule has 0 bridgehead atoms. The molecule has 110 valence electrons. The number of halogens is 2. The van der Waals surface area contributed by atoms with Crippen LogP contribution >= 0.6 is 35.0 Å². The fourth-order valence-electron chi connectivity index (χ4n) is 1.84. The molecule has 1 aromatic carbocycles. The van der Waals surface area contributed by atoms with Crippen LogP contribution in [-0.4, -0.2) is 17.1 Å². The lowest BCUT2D eigenvalue weighted by Crippen LogP contribution is -2.27. The van der Waals surface area contributed by atoms with E-state index in [4.69, 9.17) is 23.2 Å². The number of carbonyl (C=O) groups is 1. The number of hydrogen-bond acceptors (Lipinski definition) is 3. The molecule has 3 nitrogen and oxygen atoms in total. The highest BCUT2D eigenvalue weighted by atomic mass is 35.5. The molecule has 0 aliphatic heterocycles. The Bertz CT molecular complexity index is 647. The second-order valence-corrected chi connectivity index (χ2v) is 6.13. The van der Waals surface area contributed by atoms with E-state index in [0.717, 1.165) is 5.56 Å². The molecule has 1 amide bonds. The van der Waals surface area contributed by atoms with Crippen molar-refractivity contribution in [3.63, 3.8) is 0 Å². The first-order valence-corrected chi connectivity index (χ1v) is 8.25. The molecule has 0 aliphatic rings. The minimum Gasteiger partial charge on any atom is -0.345 e. The maximum atomic E-state index is 12.2. The van der Waals surface area contributed by atoms with Gasteiger partial charge in [-0.3, -0.25) is 4.79 Å². The van der Waals surface area contributed by atoms with Crippen LogP contribution in [0.2, 0.25) is 10.2 Å². The molecule has 0 saturated carbocycles. The van der Waals surface area contributed by atoms with E-state index in [2.05, 4.69) is 10.3 Å². The summed E-state index contributed by atoms with van der Waals surface area (Å²) in [6.45, 7) is 1.92. The lowest BCUT2D eigenvalue weighted by Gasteiger charge is -2.15. The summed E-state index contributed by atoms with van der Waals surface area (Å²) < 4.78 is 0. The monoisotopic (exact) mass is 340 g/mol. The molecule has 0 fully saturated rings. The first kappa shape index (κ1) is 16.1. The Labute approximate surface area is 138 Å². The summed E-state index contributed by atoms with van der Waals surface area (Å²) in [5.41, 5.74) is 1.35. The predicted octanol–water partition coefficient (Wildman–Crippen LogP) is 4.60. The van der Waals surface area contributed by atoms with Crippen LogP contribution in [0.5, 0.6) is 0 Å². The van der Waals surface area contributed by atoms with Crippen LogP contribution in [-0.2, 0) is 0 Å². The Hall–Kier alpha value is -1.23. The van der Waals surface area contributed by atoms with E-state index in [9.17, 15) is 4.79 Å². The fourth-order valence-corrected chi connectivity index (χ4v) is 2.59. The molecule has 1 N–H and O–H groups in total. The predicted molar refractivity (Wildman–Crippen MR) is 88.4 cm³/mol. The zero-order valence-corrected chi connectivity index (χ0v) is 13.9. The molecule has 1 heterocycles. The standard InChI is InChI=1S/C15H14Cl2N2OS/c1-9(10-3-5-11(21-2)6-4-10)19-15(20)12-7-14(17)18-8-13(12)16/h3-9H,1-2H3,(H,19,20). The maximum absolute atomic E-state index is 12.2. The van der Waals surface area contributed by atoms with Gasteiger partial charge in [-0.25, -0.2) is 4.98 Å². The zero-order valence-electron chi connectivity index (χ0n) is 11.6. The third-order valence-electron chi connectivity index (χ3n) is 3.03. The minimum absolute atomic E-state index is 0.128. The van der Waals surface area contributed by atoms with Crippen molar-refractivity contribution in [1.82, 2.24) is 10.3 Å². The highest BCUT2D eigenvalue weighted by Gasteiger charge is 2.15. The summed E-state index contributed by atoms with van der Waals surface area (Å²) in [7, 11) is 0. The number of aromatic nitrogens is 1. The average Bonchev–Trinajstić information content (AvgIpc) is 2.49. The number of amides is 1. The number of carbonyl (C=O) groups excluding carboxylic acids is 1. The van der Waals surface area contributed by atoms with Crippen molar-refractivity contribution in [3.8, 4) is 0 Å². The molecule has 1 atom stereocenters. The zero-order chi connectivity index (χ0) is 15.4. The van der Waals surface area contributed by atoms with E-state index >= 15 is 0 Å². The Morgan fingerprint density at radius 2 is 1.95 bits per heavy atom. The normalized spacial score (nSPS) is 12.0. The van der Waals surface area contributed by atoms with Gasteiger partial charge in [0.25, 0.3) is 5.91 Å². The lowest BCUT2D eigenvalue weighted by molar-refractivity contribution is 0.0940. The molecule has 2 rings (SSSR count).